The Morgan fingerprint density at radius 2 is 1.95 bits per heavy atom. The number of esters is 1. The number of benzene rings is 1. The second kappa shape index (κ2) is 12.9. The fourth-order valence-corrected chi connectivity index (χ4v) is 6.87. The first-order valence-corrected chi connectivity index (χ1v) is 16.1. The number of imidazole rings is 1. The van der Waals surface area contributed by atoms with Crippen LogP contribution < -0.4 is 20.1 Å². The molecule has 2 fully saturated rings. The molecule has 3 N–H and O–H groups in total. The molecule has 16 heteroatoms. The Hall–Kier alpha value is -3.39. The Bertz CT molecular complexity index is 1510. The minimum atomic E-state index is -4.45. The summed E-state index contributed by atoms with van der Waals surface area (Å²) in [7, 11) is -4.45. The van der Waals surface area contributed by atoms with Gasteiger partial charge in [0.1, 0.15) is 24.5 Å². The molecule has 0 radical (unpaired) electrons. The zero-order valence-corrected chi connectivity index (χ0v) is 25.7. The summed E-state index contributed by atoms with van der Waals surface area (Å²) >= 11 is 0. The number of para-hydroxylation sites is 1. The van der Waals surface area contributed by atoms with Crippen molar-refractivity contribution in [2.45, 2.75) is 89.2 Å². The minimum absolute atomic E-state index is 0.0741. The van der Waals surface area contributed by atoms with Gasteiger partial charge in [0, 0.05) is 6.42 Å². The van der Waals surface area contributed by atoms with Crippen LogP contribution in [0.4, 0.5) is 14.7 Å². The van der Waals surface area contributed by atoms with E-state index in [9.17, 15) is 9.36 Å². The van der Waals surface area contributed by atoms with E-state index in [4.69, 9.17) is 29.0 Å². The highest BCUT2D eigenvalue weighted by Crippen LogP contribution is 2.52. The number of nitrogens with zero attached hydrogens (tertiary/aromatic N) is 4. The lowest BCUT2D eigenvalue weighted by molar-refractivity contribution is -0.177. The van der Waals surface area contributed by atoms with E-state index >= 15 is 8.78 Å². The molecule has 2 aliphatic rings. The predicted molar refractivity (Wildman–Crippen MR) is 155 cm³/mol. The van der Waals surface area contributed by atoms with Gasteiger partial charge < -0.3 is 24.5 Å². The highest BCUT2D eigenvalue weighted by molar-refractivity contribution is 7.52. The van der Waals surface area contributed by atoms with E-state index in [1.807, 2.05) is 0 Å². The number of hydrogen-bond donors (Lipinski definition) is 2. The summed E-state index contributed by atoms with van der Waals surface area (Å²) in [6.45, 7) is 3.60. The van der Waals surface area contributed by atoms with Gasteiger partial charge in [-0.1, -0.05) is 24.6 Å². The van der Waals surface area contributed by atoms with Gasteiger partial charge in [-0.05, 0) is 58.6 Å². The lowest BCUT2D eigenvalue weighted by atomic mass is 9.98. The van der Waals surface area contributed by atoms with Gasteiger partial charge in [-0.3, -0.25) is 13.9 Å². The first-order valence-electron chi connectivity index (χ1n) is 14.6. The number of aromatic nitrogens is 4. The molecule has 5 atom stereocenters. The second-order valence-electron chi connectivity index (χ2n) is 11.2. The molecule has 0 spiro atoms. The summed E-state index contributed by atoms with van der Waals surface area (Å²) in [6, 6.07) is 6.90. The molecule has 44 heavy (non-hydrogen) atoms. The molecule has 3 aromatic rings. The normalized spacial score (nSPS) is 26.2. The van der Waals surface area contributed by atoms with Gasteiger partial charge in [-0.15, -0.1) is 0 Å². The van der Waals surface area contributed by atoms with Gasteiger partial charge in [0.2, 0.25) is 17.7 Å². The first kappa shape index (κ1) is 32.0. The number of nitrogens with one attached hydrogen (secondary N) is 1. The molecule has 1 aliphatic carbocycles. The summed E-state index contributed by atoms with van der Waals surface area (Å²) < 4.78 is 75.0. The molecule has 1 unspecified atom stereocenters. The van der Waals surface area contributed by atoms with Gasteiger partial charge in [-0.25, -0.2) is 18.3 Å². The van der Waals surface area contributed by atoms with Crippen LogP contribution in [0.3, 0.4) is 0 Å². The van der Waals surface area contributed by atoms with Crippen molar-refractivity contribution in [3.63, 3.8) is 0 Å². The molecular weight excluding hydrogens is 601 g/mol. The van der Waals surface area contributed by atoms with Crippen molar-refractivity contribution in [2.75, 3.05) is 18.9 Å². The fraction of sp³-hybridized carbons (Fsp3) is 0.571. The van der Waals surface area contributed by atoms with Crippen LogP contribution in [-0.4, -0.2) is 62.4 Å². The van der Waals surface area contributed by atoms with E-state index in [0.29, 0.717) is 0 Å². The largest absolute Gasteiger partial charge is 0.476 e. The maximum Gasteiger partial charge on any atom is 0.459 e. The quantitative estimate of drug-likeness (QED) is 0.198. The van der Waals surface area contributed by atoms with Gasteiger partial charge in [-0.2, -0.15) is 15.1 Å². The third-order valence-corrected chi connectivity index (χ3v) is 8.97. The van der Waals surface area contributed by atoms with Crippen LogP contribution in [0.1, 0.15) is 65.5 Å². The van der Waals surface area contributed by atoms with E-state index in [1.54, 1.807) is 25.1 Å². The summed E-state index contributed by atoms with van der Waals surface area (Å²) in [5, 5.41) is 2.54. The van der Waals surface area contributed by atoms with E-state index in [2.05, 4.69) is 20.0 Å². The van der Waals surface area contributed by atoms with E-state index < -0.39 is 50.5 Å². The first-order chi connectivity index (χ1) is 20.9. The SMILES string of the molecule is CCOc1nc(N)nc2c1ncn2[C@@H]1O[C@](F)(COP(=O)(N[C@@H](C)C(=O)OC2CCCCC2)Oc2ccccc2)C[C@@]1(C)F. The Morgan fingerprint density at radius 3 is 2.66 bits per heavy atom. The van der Waals surface area contributed by atoms with Crippen molar-refractivity contribution < 1.29 is 41.4 Å². The van der Waals surface area contributed by atoms with Crippen molar-refractivity contribution in [1.29, 1.82) is 0 Å². The predicted octanol–water partition coefficient (Wildman–Crippen LogP) is 5.18. The number of anilines is 1. The van der Waals surface area contributed by atoms with E-state index in [-0.39, 0.29) is 41.5 Å². The Morgan fingerprint density at radius 1 is 1.23 bits per heavy atom. The number of ether oxygens (including phenoxy) is 3. The van der Waals surface area contributed by atoms with Gasteiger partial charge in [0.15, 0.2) is 23.1 Å². The van der Waals surface area contributed by atoms with Crippen LogP contribution in [0.2, 0.25) is 0 Å². The molecule has 240 valence electrons. The maximum atomic E-state index is 16.2. The summed E-state index contributed by atoms with van der Waals surface area (Å²) in [6.07, 6.45) is 3.11. The fourth-order valence-electron chi connectivity index (χ4n) is 5.35. The van der Waals surface area contributed by atoms with Crippen LogP contribution in [0.5, 0.6) is 11.6 Å². The van der Waals surface area contributed by atoms with Crippen molar-refractivity contribution in [3.05, 3.63) is 36.7 Å². The Labute approximate surface area is 253 Å². The highest BCUT2D eigenvalue weighted by Gasteiger charge is 2.57. The second-order valence-corrected chi connectivity index (χ2v) is 12.9. The van der Waals surface area contributed by atoms with E-state index in [0.717, 1.165) is 39.0 Å². The molecule has 0 amide bonds. The van der Waals surface area contributed by atoms with Crippen LogP contribution in [0.25, 0.3) is 11.2 Å². The molecule has 3 heterocycles. The maximum absolute atomic E-state index is 16.2. The smallest absolute Gasteiger partial charge is 0.459 e. The molecule has 1 saturated carbocycles. The number of carbonyl (C=O) groups is 1. The topological polar surface area (TPSA) is 162 Å². The number of nitrogen functional groups attached to an aromatic ring is 1. The number of nitrogens with two attached hydrogens (primary N) is 1. The summed E-state index contributed by atoms with van der Waals surface area (Å²) in [5.41, 5.74) is 3.78. The zero-order chi connectivity index (χ0) is 31.5. The standard InChI is InChI=1S/C28H37F2N6O7P/c1-4-39-23-21-22(33-26(31)34-23)36(17-32-21)25-27(3,29)15-28(30,42-25)16-40-44(38,43-20-13-9-6-10-14-20)35-18(2)24(37)41-19-11-7-5-8-12-19/h6,9-10,13-14,17-19,25H,4-5,7-8,11-12,15-16H2,1-3H3,(H,35,38)(H2,31,33,34)/t18-,25+,27+,28-,44?/m0/s1. The number of alkyl halides is 2. The van der Waals surface area contributed by atoms with Gasteiger partial charge in [0.25, 0.3) is 0 Å². The lowest BCUT2D eigenvalue weighted by Crippen LogP contribution is -2.38. The molecule has 1 aromatic carbocycles. The highest BCUT2D eigenvalue weighted by atomic mass is 31.2. The number of fused-ring (bicyclic) bond motifs is 1. The Balaban J connectivity index is 1.33. The lowest BCUT2D eigenvalue weighted by Gasteiger charge is -2.27. The van der Waals surface area contributed by atoms with Crippen molar-refractivity contribution in [3.8, 4) is 11.6 Å². The average Bonchev–Trinajstić information content (AvgIpc) is 3.50. The van der Waals surface area contributed by atoms with Crippen LogP contribution in [0.15, 0.2) is 36.7 Å². The molecule has 1 saturated heterocycles. The zero-order valence-electron chi connectivity index (χ0n) is 24.8. The molecule has 5 rings (SSSR count). The van der Waals surface area contributed by atoms with Crippen molar-refractivity contribution >= 4 is 30.8 Å². The van der Waals surface area contributed by atoms with E-state index in [1.165, 1.54) is 30.0 Å². The number of hydrogen-bond acceptors (Lipinski definition) is 11. The van der Waals surface area contributed by atoms with Crippen LogP contribution in [0, 0.1) is 0 Å². The molecule has 1 aliphatic heterocycles. The number of carbonyl (C=O) groups excluding carboxylic acids is 1. The van der Waals surface area contributed by atoms with Crippen LogP contribution in [-0.2, 0) is 23.4 Å². The average molecular weight is 639 g/mol. The number of halogens is 2. The van der Waals surface area contributed by atoms with Crippen molar-refractivity contribution in [1.82, 2.24) is 24.6 Å². The third kappa shape index (κ3) is 7.28. The monoisotopic (exact) mass is 638 g/mol. The minimum Gasteiger partial charge on any atom is -0.476 e. The van der Waals surface area contributed by atoms with Crippen LogP contribution >= 0.6 is 7.75 Å². The molecule has 13 nitrogen and oxygen atoms in total. The summed E-state index contributed by atoms with van der Waals surface area (Å²) in [4.78, 5) is 25.2. The summed E-state index contributed by atoms with van der Waals surface area (Å²) in [5.74, 6) is -3.35. The molecule has 0 bridgehead atoms. The molecular formula is C28H37F2N6O7P. The van der Waals surface area contributed by atoms with Crippen molar-refractivity contribution in [2.24, 2.45) is 0 Å². The number of rotatable bonds is 12. The van der Waals surface area contributed by atoms with Gasteiger partial charge >= 0.3 is 13.7 Å². The Kier molecular flexibility index (Phi) is 9.40. The van der Waals surface area contributed by atoms with Gasteiger partial charge in [0.05, 0.1) is 12.9 Å². The molecule has 2 aromatic heterocycles. The third-order valence-electron chi connectivity index (χ3n) is 7.35.